The average molecular weight is 369 g/mol. The molecule has 1 saturated heterocycles. The van der Waals surface area contributed by atoms with Crippen LogP contribution in [0.15, 0.2) is 5.38 Å². The highest BCUT2D eigenvalue weighted by Gasteiger charge is 2.29. The first-order valence-electron chi connectivity index (χ1n) is 8.65. The Balaban J connectivity index is 1.82. The number of thiazole rings is 1. The molecule has 2 rings (SSSR count). The largest absolute Gasteiger partial charge is 0.377 e. The van der Waals surface area contributed by atoms with Crippen LogP contribution in [-0.2, 0) is 20.7 Å². The fourth-order valence-electron chi connectivity index (χ4n) is 2.81. The van der Waals surface area contributed by atoms with Crippen LogP contribution in [0.5, 0.6) is 0 Å². The normalized spacial score (nSPS) is 17.8. The molecule has 0 aliphatic carbocycles. The maximum Gasteiger partial charge on any atom is 0.229 e. The van der Waals surface area contributed by atoms with Crippen LogP contribution >= 0.6 is 11.3 Å². The molecular formula is C17H28N4O3S. The summed E-state index contributed by atoms with van der Waals surface area (Å²) in [7, 11) is 4.02. The summed E-state index contributed by atoms with van der Waals surface area (Å²) in [5, 5.41) is 5.80. The molecule has 140 valence electrons. The Morgan fingerprint density at radius 3 is 2.96 bits per heavy atom. The second kappa shape index (κ2) is 9.84. The number of nitrogens with zero attached hydrogens (tertiary/aromatic N) is 3. The van der Waals surface area contributed by atoms with E-state index in [2.05, 4.69) is 15.2 Å². The summed E-state index contributed by atoms with van der Waals surface area (Å²) in [6, 6.07) is -0.199. The summed E-state index contributed by atoms with van der Waals surface area (Å²) in [6.45, 7) is 4.97. The molecule has 1 aliphatic rings. The fraction of sp³-hybridized carbons (Fsp3) is 0.706. The predicted molar refractivity (Wildman–Crippen MR) is 97.7 cm³/mol. The van der Waals surface area contributed by atoms with Gasteiger partial charge < -0.3 is 19.9 Å². The Hall–Kier alpha value is -1.51. The third-order valence-electron chi connectivity index (χ3n) is 4.07. The Morgan fingerprint density at radius 2 is 2.28 bits per heavy atom. The number of aryl methyl sites for hydroxylation is 1. The van der Waals surface area contributed by atoms with Gasteiger partial charge in [0.05, 0.1) is 36.4 Å². The molecule has 2 amide bonds. The first-order valence-corrected chi connectivity index (χ1v) is 9.53. The minimum Gasteiger partial charge on any atom is -0.377 e. The van der Waals surface area contributed by atoms with E-state index in [1.54, 1.807) is 16.2 Å². The lowest BCUT2D eigenvalue weighted by molar-refractivity contribution is -0.141. The summed E-state index contributed by atoms with van der Waals surface area (Å²) in [5.41, 5.74) is 0.797. The number of carbonyl (C=O) groups excluding carboxylic acids is 2. The zero-order valence-electron chi connectivity index (χ0n) is 15.3. The van der Waals surface area contributed by atoms with Gasteiger partial charge in [-0.25, -0.2) is 4.98 Å². The van der Waals surface area contributed by atoms with E-state index in [1.165, 1.54) is 0 Å². The molecule has 1 atom stereocenters. The van der Waals surface area contributed by atoms with Gasteiger partial charge in [0.2, 0.25) is 11.8 Å². The van der Waals surface area contributed by atoms with Gasteiger partial charge in [0, 0.05) is 24.9 Å². The predicted octanol–water partition coefficient (Wildman–Crippen LogP) is 0.679. The Kier molecular flexibility index (Phi) is 7.80. The van der Waals surface area contributed by atoms with Gasteiger partial charge in [-0.3, -0.25) is 9.59 Å². The van der Waals surface area contributed by atoms with Crippen molar-refractivity contribution < 1.29 is 14.3 Å². The average Bonchev–Trinajstić information content (AvgIpc) is 2.97. The quantitative estimate of drug-likeness (QED) is 0.683. The van der Waals surface area contributed by atoms with E-state index in [0.717, 1.165) is 23.7 Å². The first kappa shape index (κ1) is 19.8. The third-order valence-corrected chi connectivity index (χ3v) is 4.89. The molecule has 1 unspecified atom stereocenters. The van der Waals surface area contributed by atoms with Crippen molar-refractivity contribution in [1.82, 2.24) is 20.1 Å². The summed E-state index contributed by atoms with van der Waals surface area (Å²) >= 11 is 1.54. The van der Waals surface area contributed by atoms with E-state index in [9.17, 15) is 9.59 Å². The maximum atomic E-state index is 12.6. The van der Waals surface area contributed by atoms with Gasteiger partial charge in [-0.1, -0.05) is 0 Å². The lowest BCUT2D eigenvalue weighted by atomic mass is 10.1. The van der Waals surface area contributed by atoms with Crippen molar-refractivity contribution in [3.63, 3.8) is 0 Å². The number of ether oxygens (including phenoxy) is 1. The van der Waals surface area contributed by atoms with Gasteiger partial charge in [-0.05, 0) is 34.0 Å². The van der Waals surface area contributed by atoms with Crippen molar-refractivity contribution in [1.29, 1.82) is 0 Å². The van der Waals surface area contributed by atoms with Crippen LogP contribution in [0.4, 0.5) is 0 Å². The standard InChI is InChI=1S/C17H28N4O3S/c1-13-19-14(12-25-13)9-17(23)21-7-8-24-11-15(21)10-16(22)18-5-4-6-20(2)3/h12,15H,4-11H2,1-3H3,(H,18,22). The molecule has 25 heavy (non-hydrogen) atoms. The molecule has 1 aromatic heterocycles. The van der Waals surface area contributed by atoms with E-state index >= 15 is 0 Å². The smallest absolute Gasteiger partial charge is 0.229 e. The monoisotopic (exact) mass is 368 g/mol. The van der Waals surface area contributed by atoms with Crippen molar-refractivity contribution in [2.75, 3.05) is 46.9 Å². The van der Waals surface area contributed by atoms with E-state index < -0.39 is 0 Å². The molecule has 2 heterocycles. The van der Waals surface area contributed by atoms with Crippen LogP contribution < -0.4 is 5.32 Å². The summed E-state index contributed by atoms with van der Waals surface area (Å²) < 4.78 is 5.48. The number of morpholine rings is 1. The second-order valence-electron chi connectivity index (χ2n) is 6.56. The van der Waals surface area contributed by atoms with Gasteiger partial charge in [0.15, 0.2) is 0 Å². The molecule has 0 saturated carbocycles. The third kappa shape index (κ3) is 6.72. The molecule has 1 fully saturated rings. The molecule has 0 spiro atoms. The van der Waals surface area contributed by atoms with Crippen molar-refractivity contribution in [3.8, 4) is 0 Å². The summed E-state index contributed by atoms with van der Waals surface area (Å²) in [4.78, 5) is 33.0. The van der Waals surface area contributed by atoms with Gasteiger partial charge in [-0.2, -0.15) is 0 Å². The van der Waals surface area contributed by atoms with Gasteiger partial charge in [0.25, 0.3) is 0 Å². The van der Waals surface area contributed by atoms with Crippen molar-refractivity contribution in [2.24, 2.45) is 0 Å². The molecule has 1 aromatic rings. The number of hydrogen-bond donors (Lipinski definition) is 1. The summed E-state index contributed by atoms with van der Waals surface area (Å²) in [6.07, 6.45) is 1.47. The van der Waals surface area contributed by atoms with E-state index in [-0.39, 0.29) is 30.7 Å². The maximum absolute atomic E-state index is 12.6. The number of hydrogen-bond acceptors (Lipinski definition) is 6. The highest BCUT2D eigenvalue weighted by molar-refractivity contribution is 7.09. The van der Waals surface area contributed by atoms with Crippen LogP contribution in [0.3, 0.4) is 0 Å². The highest BCUT2D eigenvalue weighted by Crippen LogP contribution is 2.15. The molecular weight excluding hydrogens is 340 g/mol. The highest BCUT2D eigenvalue weighted by atomic mass is 32.1. The molecule has 0 bridgehead atoms. The molecule has 0 aromatic carbocycles. The molecule has 1 aliphatic heterocycles. The number of rotatable bonds is 8. The Labute approximate surface area is 153 Å². The second-order valence-corrected chi connectivity index (χ2v) is 7.62. The van der Waals surface area contributed by atoms with Gasteiger partial charge in [0.1, 0.15) is 0 Å². The molecule has 7 nitrogen and oxygen atoms in total. The van der Waals surface area contributed by atoms with Crippen molar-refractivity contribution in [3.05, 3.63) is 16.1 Å². The van der Waals surface area contributed by atoms with Crippen LogP contribution in [0.1, 0.15) is 23.5 Å². The Morgan fingerprint density at radius 1 is 1.48 bits per heavy atom. The minimum absolute atomic E-state index is 0.0130. The SMILES string of the molecule is Cc1nc(CC(=O)N2CCOCC2CC(=O)NCCCN(C)C)cs1. The minimum atomic E-state index is -0.199. The van der Waals surface area contributed by atoms with E-state index in [0.29, 0.717) is 26.3 Å². The van der Waals surface area contributed by atoms with Crippen LogP contribution in [0.2, 0.25) is 0 Å². The van der Waals surface area contributed by atoms with Crippen molar-refractivity contribution >= 4 is 23.2 Å². The van der Waals surface area contributed by atoms with Crippen molar-refractivity contribution in [2.45, 2.75) is 32.2 Å². The first-order chi connectivity index (χ1) is 12.0. The van der Waals surface area contributed by atoms with Crippen LogP contribution in [-0.4, -0.2) is 79.6 Å². The van der Waals surface area contributed by atoms with Gasteiger partial charge >= 0.3 is 0 Å². The molecule has 1 N–H and O–H groups in total. The summed E-state index contributed by atoms with van der Waals surface area (Å²) in [5.74, 6) is -0.0180. The number of amides is 2. The number of carbonyl (C=O) groups is 2. The zero-order valence-corrected chi connectivity index (χ0v) is 16.1. The lowest BCUT2D eigenvalue weighted by Gasteiger charge is -2.35. The van der Waals surface area contributed by atoms with E-state index in [1.807, 2.05) is 26.4 Å². The number of nitrogens with one attached hydrogen (secondary N) is 1. The van der Waals surface area contributed by atoms with Gasteiger partial charge in [-0.15, -0.1) is 11.3 Å². The molecule has 0 radical (unpaired) electrons. The lowest BCUT2D eigenvalue weighted by Crippen LogP contribution is -2.51. The van der Waals surface area contributed by atoms with Crippen LogP contribution in [0.25, 0.3) is 0 Å². The Bertz CT molecular complexity index is 576. The van der Waals surface area contributed by atoms with E-state index in [4.69, 9.17) is 4.74 Å². The topological polar surface area (TPSA) is 74.8 Å². The molecule has 8 heteroatoms. The number of aromatic nitrogens is 1. The fourth-order valence-corrected chi connectivity index (χ4v) is 3.42. The zero-order chi connectivity index (χ0) is 18.2. The van der Waals surface area contributed by atoms with Crippen LogP contribution in [0, 0.1) is 6.92 Å².